The van der Waals surface area contributed by atoms with Crippen molar-refractivity contribution in [3.63, 3.8) is 0 Å². The van der Waals surface area contributed by atoms with Crippen LogP contribution in [0.4, 0.5) is 5.13 Å². The van der Waals surface area contributed by atoms with Crippen molar-refractivity contribution in [1.29, 1.82) is 0 Å². The van der Waals surface area contributed by atoms with Gasteiger partial charge in [0.05, 0.1) is 6.04 Å². The summed E-state index contributed by atoms with van der Waals surface area (Å²) >= 11 is 1.41. The van der Waals surface area contributed by atoms with Crippen LogP contribution in [0.25, 0.3) is 16.0 Å². The van der Waals surface area contributed by atoms with Gasteiger partial charge in [-0.15, -0.1) is 5.10 Å². The zero-order valence-electron chi connectivity index (χ0n) is 16.0. The summed E-state index contributed by atoms with van der Waals surface area (Å²) in [7, 11) is 3.79. The van der Waals surface area contributed by atoms with Crippen LogP contribution in [-0.4, -0.2) is 44.2 Å². The first-order valence-electron chi connectivity index (χ1n) is 9.30. The fraction of sp³-hybridized carbons (Fsp3) is 0.316. The van der Waals surface area contributed by atoms with Crippen LogP contribution in [0.1, 0.15) is 23.6 Å². The normalized spacial score (nSPS) is 15.7. The van der Waals surface area contributed by atoms with Crippen LogP contribution < -0.4 is 15.9 Å². The fourth-order valence-electron chi connectivity index (χ4n) is 3.70. The van der Waals surface area contributed by atoms with E-state index in [1.807, 2.05) is 37.2 Å². The summed E-state index contributed by atoms with van der Waals surface area (Å²) in [6, 6.07) is 8.09. The molecule has 10 heteroatoms. The molecule has 1 aliphatic carbocycles. The Morgan fingerprint density at radius 3 is 3.00 bits per heavy atom. The summed E-state index contributed by atoms with van der Waals surface area (Å²) in [5.74, 6) is -0.236. The third-order valence-electron chi connectivity index (χ3n) is 5.11. The van der Waals surface area contributed by atoms with Gasteiger partial charge in [0.2, 0.25) is 5.91 Å². The van der Waals surface area contributed by atoms with E-state index >= 15 is 0 Å². The van der Waals surface area contributed by atoms with Crippen LogP contribution in [0.5, 0.6) is 0 Å². The summed E-state index contributed by atoms with van der Waals surface area (Å²) < 4.78 is 3.26. The number of aryl methyl sites for hydroxylation is 1. The van der Waals surface area contributed by atoms with Crippen molar-refractivity contribution in [2.45, 2.75) is 25.4 Å². The average molecular weight is 409 g/mol. The highest BCUT2D eigenvalue weighted by Gasteiger charge is 2.24. The van der Waals surface area contributed by atoms with Crippen LogP contribution >= 0.6 is 11.3 Å². The van der Waals surface area contributed by atoms with Gasteiger partial charge in [0.25, 0.3) is 0 Å². The molecular formula is C19H19N7O2S. The second kappa shape index (κ2) is 6.66. The number of hydrogen-bond donors (Lipinski definition) is 1. The fourth-order valence-corrected chi connectivity index (χ4v) is 4.62. The quantitative estimate of drug-likeness (QED) is 0.547. The maximum atomic E-state index is 12.7. The summed E-state index contributed by atoms with van der Waals surface area (Å²) in [5.41, 5.74) is 3.02. The number of rotatable bonds is 4. The molecule has 1 aliphatic rings. The van der Waals surface area contributed by atoms with Crippen molar-refractivity contribution in [2.24, 2.45) is 0 Å². The van der Waals surface area contributed by atoms with Crippen molar-refractivity contribution in [3.05, 3.63) is 52.2 Å². The zero-order chi connectivity index (χ0) is 20.1. The largest absolute Gasteiger partial charge is 0.354 e. The van der Waals surface area contributed by atoms with Crippen molar-refractivity contribution < 1.29 is 4.79 Å². The third kappa shape index (κ3) is 2.96. The summed E-state index contributed by atoms with van der Waals surface area (Å²) in [6.45, 7) is -0.139. The van der Waals surface area contributed by atoms with E-state index < -0.39 is 5.69 Å². The Morgan fingerprint density at radius 2 is 2.17 bits per heavy atom. The molecule has 148 valence electrons. The lowest BCUT2D eigenvalue weighted by Crippen LogP contribution is -2.34. The summed E-state index contributed by atoms with van der Waals surface area (Å²) in [5, 5.41) is 8.20. The molecule has 29 heavy (non-hydrogen) atoms. The van der Waals surface area contributed by atoms with Gasteiger partial charge in [0, 0.05) is 14.1 Å². The lowest BCUT2D eigenvalue weighted by Gasteiger charge is -2.13. The van der Waals surface area contributed by atoms with E-state index in [9.17, 15) is 9.59 Å². The number of nitrogens with one attached hydrogen (secondary N) is 1. The molecule has 1 amide bonds. The number of carbonyl (C=O) groups is 1. The molecule has 1 N–H and O–H groups in total. The molecule has 5 rings (SSSR count). The van der Waals surface area contributed by atoms with Crippen LogP contribution in [-0.2, 0) is 17.8 Å². The Morgan fingerprint density at radius 1 is 1.34 bits per heavy atom. The second-order valence-corrected chi connectivity index (χ2v) is 8.26. The predicted molar refractivity (Wildman–Crippen MR) is 110 cm³/mol. The summed E-state index contributed by atoms with van der Waals surface area (Å²) in [6.07, 6.45) is 3.22. The highest BCUT2D eigenvalue weighted by atomic mass is 32.1. The first kappa shape index (κ1) is 17.8. The molecule has 0 saturated heterocycles. The van der Waals surface area contributed by atoms with E-state index in [2.05, 4.69) is 26.4 Å². The molecule has 0 saturated carbocycles. The van der Waals surface area contributed by atoms with Gasteiger partial charge in [-0.05, 0) is 24.0 Å². The van der Waals surface area contributed by atoms with Gasteiger partial charge >= 0.3 is 5.69 Å². The van der Waals surface area contributed by atoms with Crippen molar-refractivity contribution >= 4 is 38.4 Å². The van der Waals surface area contributed by atoms with E-state index in [0.29, 0.717) is 11.3 Å². The molecule has 3 aromatic heterocycles. The van der Waals surface area contributed by atoms with Gasteiger partial charge in [-0.1, -0.05) is 35.6 Å². The van der Waals surface area contributed by atoms with E-state index in [1.165, 1.54) is 32.3 Å². The van der Waals surface area contributed by atoms with Crippen molar-refractivity contribution in [3.8, 4) is 0 Å². The molecule has 0 bridgehead atoms. The minimum absolute atomic E-state index is 0.0241. The molecule has 9 nitrogen and oxygen atoms in total. The molecule has 4 aromatic rings. The van der Waals surface area contributed by atoms with Gasteiger partial charge in [-0.25, -0.2) is 18.9 Å². The monoisotopic (exact) mass is 409 g/mol. The number of amides is 1. The first-order chi connectivity index (χ1) is 14.0. The molecule has 1 atom stereocenters. The number of nitrogens with zero attached hydrogens (tertiary/aromatic N) is 6. The molecule has 0 radical (unpaired) electrons. The number of anilines is 1. The number of fused-ring (bicyclic) bond motifs is 4. The Labute approximate surface area is 169 Å². The maximum absolute atomic E-state index is 12.7. The van der Waals surface area contributed by atoms with Crippen LogP contribution in [0, 0.1) is 0 Å². The van der Waals surface area contributed by atoms with Crippen molar-refractivity contribution in [2.75, 3.05) is 19.0 Å². The van der Waals surface area contributed by atoms with Gasteiger partial charge in [0.15, 0.2) is 16.4 Å². The highest BCUT2D eigenvalue weighted by Crippen LogP contribution is 2.31. The molecule has 1 aromatic carbocycles. The molecule has 0 spiro atoms. The topological polar surface area (TPSA) is 97.4 Å². The average Bonchev–Trinajstić information content (AvgIpc) is 3.39. The maximum Gasteiger partial charge on any atom is 0.352 e. The minimum atomic E-state index is -0.392. The number of thiazole rings is 1. The smallest absolute Gasteiger partial charge is 0.352 e. The molecular weight excluding hydrogens is 390 g/mol. The standard InChI is InChI=1S/C19H19N7O2S/c1-24(2)18-22-16-15(29-18)17-23-26(19(28)25(17)10-20-16)9-14(27)21-13-8-7-11-5-3-4-6-12(11)13/h3-6,10,13H,7-9H2,1-2H3,(H,21,27)/t13-/m1/s1. The van der Waals surface area contributed by atoms with Crippen LogP contribution in [0.15, 0.2) is 35.4 Å². The first-order valence-corrected chi connectivity index (χ1v) is 10.1. The number of aromatic nitrogens is 5. The number of benzene rings is 1. The van der Waals surface area contributed by atoms with E-state index in [4.69, 9.17) is 0 Å². The Hall–Kier alpha value is -3.27. The second-order valence-electron chi connectivity index (χ2n) is 7.28. The van der Waals surface area contributed by atoms with E-state index in [-0.39, 0.29) is 18.5 Å². The molecule has 0 aliphatic heterocycles. The van der Waals surface area contributed by atoms with Crippen LogP contribution in [0.3, 0.4) is 0 Å². The molecule has 0 unspecified atom stereocenters. The Kier molecular flexibility index (Phi) is 4.09. The molecule has 3 heterocycles. The van der Waals surface area contributed by atoms with E-state index in [0.717, 1.165) is 28.2 Å². The number of hydrogen-bond acceptors (Lipinski definition) is 7. The minimum Gasteiger partial charge on any atom is -0.354 e. The lowest BCUT2D eigenvalue weighted by molar-refractivity contribution is -0.122. The van der Waals surface area contributed by atoms with Crippen LogP contribution in [0.2, 0.25) is 0 Å². The Balaban J connectivity index is 1.43. The SMILES string of the molecule is CN(C)c1nc2ncn3c(=O)n(CC(=O)N[C@@H]4CCc5ccccc54)nc3c2s1. The van der Waals surface area contributed by atoms with Gasteiger partial charge in [0.1, 0.15) is 17.6 Å². The number of carbonyl (C=O) groups excluding carboxylic acids is 1. The van der Waals surface area contributed by atoms with Gasteiger partial charge in [-0.2, -0.15) is 4.98 Å². The highest BCUT2D eigenvalue weighted by molar-refractivity contribution is 7.22. The van der Waals surface area contributed by atoms with Gasteiger partial charge in [-0.3, -0.25) is 4.79 Å². The van der Waals surface area contributed by atoms with Crippen molar-refractivity contribution in [1.82, 2.24) is 29.5 Å². The summed E-state index contributed by atoms with van der Waals surface area (Å²) in [4.78, 5) is 35.9. The molecule has 0 fully saturated rings. The van der Waals surface area contributed by atoms with E-state index in [1.54, 1.807) is 0 Å². The lowest BCUT2D eigenvalue weighted by atomic mass is 10.1. The van der Waals surface area contributed by atoms with Gasteiger partial charge < -0.3 is 10.2 Å². The third-order valence-corrected chi connectivity index (χ3v) is 6.32. The predicted octanol–water partition coefficient (Wildman–Crippen LogP) is 1.37. The zero-order valence-corrected chi connectivity index (χ0v) is 16.8. The Bertz CT molecular complexity index is 1300.